The summed E-state index contributed by atoms with van der Waals surface area (Å²) in [6, 6.07) is 14.7. The summed E-state index contributed by atoms with van der Waals surface area (Å²) in [6.07, 6.45) is -3.68. The molecule has 0 bridgehead atoms. The number of hydrogen-bond donors (Lipinski definition) is 3. The van der Waals surface area contributed by atoms with Crippen LogP contribution in [0.4, 0.5) is 19.0 Å². The number of alkyl halides is 3. The summed E-state index contributed by atoms with van der Waals surface area (Å²) in [6.45, 7) is 0. The van der Waals surface area contributed by atoms with E-state index < -0.39 is 23.1 Å². The van der Waals surface area contributed by atoms with Crippen molar-refractivity contribution in [3.8, 4) is 28.8 Å². The first-order valence-corrected chi connectivity index (χ1v) is 10.4. The van der Waals surface area contributed by atoms with E-state index in [9.17, 15) is 18.4 Å². The van der Waals surface area contributed by atoms with Crippen LogP contribution >= 0.6 is 0 Å². The fourth-order valence-electron chi connectivity index (χ4n) is 4.43. The molecular weight excluding hydrogens is 461 g/mol. The van der Waals surface area contributed by atoms with Gasteiger partial charge in [0.2, 0.25) is 5.54 Å². The van der Waals surface area contributed by atoms with E-state index in [0.29, 0.717) is 33.7 Å². The summed E-state index contributed by atoms with van der Waals surface area (Å²) in [4.78, 5) is 2.86. The average Bonchev–Trinajstić information content (AvgIpc) is 3.47. The number of rotatable bonds is 4. The molecule has 0 spiro atoms. The lowest BCUT2D eigenvalue weighted by Gasteiger charge is -2.40. The molecule has 1 aliphatic heterocycles. The summed E-state index contributed by atoms with van der Waals surface area (Å²) >= 11 is 0. The van der Waals surface area contributed by atoms with E-state index >= 15 is 0 Å². The van der Waals surface area contributed by atoms with Gasteiger partial charge in [0.25, 0.3) is 0 Å². The van der Waals surface area contributed by atoms with Crippen molar-refractivity contribution in [1.29, 1.82) is 5.26 Å². The smallest absolute Gasteiger partial charge is 0.421 e. The number of benzene rings is 2. The van der Waals surface area contributed by atoms with Gasteiger partial charge in [-0.1, -0.05) is 18.2 Å². The first-order chi connectivity index (χ1) is 16.7. The Morgan fingerprint density at radius 3 is 2.51 bits per heavy atom. The highest BCUT2D eigenvalue weighted by molar-refractivity contribution is 5.88. The molecule has 0 radical (unpaired) electrons. The molecule has 0 saturated carbocycles. The number of hydrogen-bond acceptors (Lipinski definition) is 6. The van der Waals surface area contributed by atoms with E-state index in [4.69, 9.17) is 15.2 Å². The zero-order valence-corrected chi connectivity index (χ0v) is 18.6. The van der Waals surface area contributed by atoms with Crippen LogP contribution in [0.15, 0.2) is 60.3 Å². The van der Waals surface area contributed by atoms with E-state index in [1.54, 1.807) is 48.5 Å². The number of anilines is 1. The Kier molecular flexibility index (Phi) is 4.91. The number of nitrogens with two attached hydrogens (primary N) is 1. The Labute approximate surface area is 197 Å². The fourth-order valence-corrected chi connectivity index (χ4v) is 4.43. The van der Waals surface area contributed by atoms with E-state index in [-0.39, 0.29) is 11.4 Å². The number of aromatic nitrogens is 3. The lowest BCUT2D eigenvalue weighted by Crippen LogP contribution is -2.53. The Morgan fingerprint density at radius 1 is 1.09 bits per heavy atom. The first-order valence-electron chi connectivity index (χ1n) is 10.4. The van der Waals surface area contributed by atoms with E-state index in [1.807, 2.05) is 0 Å². The maximum absolute atomic E-state index is 14.9. The number of halogens is 3. The third kappa shape index (κ3) is 3.10. The first kappa shape index (κ1) is 22.2. The second-order valence-corrected chi connectivity index (χ2v) is 7.89. The fraction of sp³-hybridized carbons (Fsp3) is 0.167. The number of nitrogens with zero attached hydrogens (tertiary/aromatic N) is 3. The van der Waals surface area contributed by atoms with E-state index in [0.717, 1.165) is 4.68 Å². The molecule has 2 aromatic carbocycles. The van der Waals surface area contributed by atoms with Crippen LogP contribution in [0.2, 0.25) is 0 Å². The predicted octanol–water partition coefficient (Wildman–Crippen LogP) is 4.58. The SMILES string of the molecule is COc1ccc(-c2cc3n(n2)C(N)=C(C#N)C(c2c[nH]c4ccccc24)(C(F)(F)F)N3)cc1OC. The maximum Gasteiger partial charge on any atom is 0.421 e. The van der Waals surface area contributed by atoms with Gasteiger partial charge in [0.05, 0.1) is 19.9 Å². The largest absolute Gasteiger partial charge is 0.493 e. The van der Waals surface area contributed by atoms with Crippen molar-refractivity contribution in [3.63, 3.8) is 0 Å². The van der Waals surface area contributed by atoms with E-state index in [1.165, 1.54) is 26.5 Å². The lowest BCUT2D eigenvalue weighted by molar-refractivity contribution is -0.170. The summed E-state index contributed by atoms with van der Waals surface area (Å²) in [5.41, 5.74) is 3.79. The zero-order chi connectivity index (χ0) is 25.0. The van der Waals surface area contributed by atoms with Gasteiger partial charge in [0, 0.05) is 34.3 Å². The lowest BCUT2D eigenvalue weighted by atomic mass is 9.80. The monoisotopic (exact) mass is 480 g/mol. The van der Waals surface area contributed by atoms with Gasteiger partial charge in [-0.3, -0.25) is 0 Å². The normalized spacial score (nSPS) is 17.6. The van der Waals surface area contributed by atoms with Crippen LogP contribution in [-0.4, -0.2) is 35.2 Å². The molecule has 1 atom stereocenters. The third-order valence-corrected chi connectivity index (χ3v) is 6.09. The average molecular weight is 480 g/mol. The van der Waals surface area contributed by atoms with Crippen LogP contribution in [0, 0.1) is 11.3 Å². The Bertz CT molecular complexity index is 1530. The summed E-state index contributed by atoms with van der Waals surface area (Å²) in [7, 11) is 2.97. The van der Waals surface area contributed by atoms with Crippen molar-refractivity contribution in [3.05, 3.63) is 65.9 Å². The standard InChI is InChI=1S/C24H19F3N6O2/c1-34-19-8-7-13(9-20(19)35-2)18-10-21-31-23(24(25,26)27,15(11-28)22(29)33(21)32-18)16-12-30-17-6-4-3-5-14(16)17/h3-10,12,30-31H,29H2,1-2H3. The van der Waals surface area contributed by atoms with Crippen molar-refractivity contribution in [2.75, 3.05) is 19.5 Å². The number of nitriles is 1. The predicted molar refractivity (Wildman–Crippen MR) is 123 cm³/mol. The molecular formula is C24H19F3N6O2. The number of aromatic amines is 1. The van der Waals surface area contributed by atoms with Gasteiger partial charge in [-0.2, -0.15) is 23.5 Å². The van der Waals surface area contributed by atoms with Gasteiger partial charge in [-0.05, 0) is 24.3 Å². The van der Waals surface area contributed by atoms with Crippen molar-refractivity contribution in [2.45, 2.75) is 11.7 Å². The summed E-state index contributed by atoms with van der Waals surface area (Å²) in [5.74, 6) is 0.470. The third-order valence-electron chi connectivity index (χ3n) is 6.09. The molecule has 1 unspecified atom stereocenters. The Morgan fingerprint density at radius 2 is 1.83 bits per heavy atom. The van der Waals surface area contributed by atoms with Gasteiger partial charge >= 0.3 is 6.18 Å². The molecule has 0 aliphatic carbocycles. The highest BCUT2D eigenvalue weighted by Gasteiger charge is 2.63. The summed E-state index contributed by atoms with van der Waals surface area (Å²) in [5, 5.41) is 17.1. The second kappa shape index (κ2) is 7.73. The van der Waals surface area contributed by atoms with E-state index in [2.05, 4.69) is 15.4 Å². The molecule has 11 heteroatoms. The quantitative estimate of drug-likeness (QED) is 0.394. The molecule has 0 fully saturated rings. The molecule has 0 amide bonds. The molecule has 3 heterocycles. The molecule has 2 aromatic heterocycles. The number of para-hydroxylation sites is 1. The van der Waals surface area contributed by atoms with Crippen LogP contribution < -0.4 is 20.5 Å². The summed E-state index contributed by atoms with van der Waals surface area (Å²) < 4.78 is 56.4. The number of nitrogens with one attached hydrogen (secondary N) is 2. The molecule has 8 nitrogen and oxygen atoms in total. The minimum Gasteiger partial charge on any atom is -0.493 e. The van der Waals surface area contributed by atoms with Gasteiger partial charge in [0.1, 0.15) is 23.3 Å². The van der Waals surface area contributed by atoms with Gasteiger partial charge in [-0.15, -0.1) is 0 Å². The minimum absolute atomic E-state index is 0.0195. The Hall–Kier alpha value is -4.59. The van der Waals surface area contributed by atoms with Gasteiger partial charge in [0.15, 0.2) is 11.5 Å². The van der Waals surface area contributed by atoms with Crippen LogP contribution in [0.3, 0.4) is 0 Å². The van der Waals surface area contributed by atoms with Crippen molar-refractivity contribution in [1.82, 2.24) is 14.8 Å². The van der Waals surface area contributed by atoms with Crippen LogP contribution in [-0.2, 0) is 5.54 Å². The highest BCUT2D eigenvalue weighted by atomic mass is 19.4. The number of fused-ring (bicyclic) bond motifs is 2. The number of ether oxygens (including phenoxy) is 2. The molecule has 4 N–H and O–H groups in total. The molecule has 1 aliphatic rings. The molecule has 35 heavy (non-hydrogen) atoms. The van der Waals surface area contributed by atoms with Crippen LogP contribution in [0.5, 0.6) is 11.5 Å². The topological polar surface area (TPSA) is 114 Å². The molecule has 4 aromatic rings. The zero-order valence-electron chi connectivity index (χ0n) is 18.6. The second-order valence-electron chi connectivity index (χ2n) is 7.89. The number of methoxy groups -OCH3 is 2. The molecule has 5 rings (SSSR count). The van der Waals surface area contributed by atoms with Crippen molar-refractivity contribution < 1.29 is 22.6 Å². The highest BCUT2D eigenvalue weighted by Crippen LogP contribution is 2.52. The minimum atomic E-state index is -4.92. The number of H-pyrrole nitrogens is 1. The van der Waals surface area contributed by atoms with Crippen LogP contribution in [0.25, 0.3) is 28.0 Å². The van der Waals surface area contributed by atoms with Gasteiger partial charge < -0.3 is 25.5 Å². The Balaban J connectivity index is 1.73. The van der Waals surface area contributed by atoms with Crippen molar-refractivity contribution >= 4 is 22.5 Å². The van der Waals surface area contributed by atoms with Gasteiger partial charge in [-0.25, -0.2) is 4.68 Å². The molecule has 0 saturated heterocycles. The maximum atomic E-state index is 14.9. The van der Waals surface area contributed by atoms with Crippen molar-refractivity contribution in [2.24, 2.45) is 5.73 Å². The molecule has 178 valence electrons. The van der Waals surface area contributed by atoms with Crippen LogP contribution in [0.1, 0.15) is 5.56 Å².